The highest BCUT2D eigenvalue weighted by atomic mass is 32.2. The van der Waals surface area contributed by atoms with Crippen LogP contribution in [0.4, 0.5) is 0 Å². The van der Waals surface area contributed by atoms with Gasteiger partial charge in [-0.25, -0.2) is 4.79 Å². The molecule has 0 bridgehead atoms. The van der Waals surface area contributed by atoms with Gasteiger partial charge in [0.05, 0.1) is 7.11 Å². The summed E-state index contributed by atoms with van der Waals surface area (Å²) in [5.74, 6) is -0.446. The first-order valence-electron chi connectivity index (χ1n) is 6.58. The molecule has 0 aromatic carbocycles. The first kappa shape index (κ1) is 14.5. The Hall–Kier alpha value is -0.920. The Labute approximate surface area is 114 Å². The van der Waals surface area contributed by atoms with Crippen molar-refractivity contribution >= 4 is 16.2 Å². The second-order valence-corrected chi connectivity index (χ2v) is 6.74. The van der Waals surface area contributed by atoms with Crippen molar-refractivity contribution in [1.82, 2.24) is 8.61 Å². The lowest BCUT2D eigenvalue weighted by Gasteiger charge is -2.33. The zero-order valence-corrected chi connectivity index (χ0v) is 12.0. The highest BCUT2D eigenvalue weighted by Gasteiger charge is 2.33. The van der Waals surface area contributed by atoms with Gasteiger partial charge in [0, 0.05) is 31.8 Å². The summed E-state index contributed by atoms with van der Waals surface area (Å²) in [4.78, 5) is 11.5. The van der Waals surface area contributed by atoms with Crippen LogP contribution in [0, 0.1) is 0 Å². The van der Waals surface area contributed by atoms with Crippen LogP contribution in [-0.4, -0.2) is 56.3 Å². The van der Waals surface area contributed by atoms with Gasteiger partial charge in [-0.3, -0.25) is 0 Å². The summed E-state index contributed by atoms with van der Waals surface area (Å²) in [7, 11) is -2.13. The summed E-state index contributed by atoms with van der Waals surface area (Å²) in [6.07, 6.45) is 5.21. The molecule has 0 spiro atoms. The van der Waals surface area contributed by atoms with E-state index in [-0.39, 0.29) is 6.54 Å². The zero-order valence-electron chi connectivity index (χ0n) is 11.2. The number of ether oxygens (including phenoxy) is 1. The van der Waals surface area contributed by atoms with Gasteiger partial charge in [0.25, 0.3) is 10.2 Å². The molecule has 19 heavy (non-hydrogen) atoms. The zero-order chi connectivity index (χ0) is 13.9. The van der Waals surface area contributed by atoms with E-state index < -0.39 is 16.2 Å². The number of esters is 1. The van der Waals surface area contributed by atoms with Gasteiger partial charge in [-0.05, 0) is 19.3 Å². The van der Waals surface area contributed by atoms with Crippen molar-refractivity contribution in [2.24, 2.45) is 0 Å². The first-order chi connectivity index (χ1) is 9.05. The highest BCUT2D eigenvalue weighted by Crippen LogP contribution is 2.20. The van der Waals surface area contributed by atoms with Crippen molar-refractivity contribution in [2.75, 3.05) is 33.3 Å². The van der Waals surface area contributed by atoms with Crippen LogP contribution >= 0.6 is 0 Å². The number of rotatable bonds is 3. The van der Waals surface area contributed by atoms with Gasteiger partial charge in [-0.15, -0.1) is 0 Å². The first-order valence-corrected chi connectivity index (χ1v) is 7.98. The van der Waals surface area contributed by atoms with Crippen molar-refractivity contribution in [3.63, 3.8) is 0 Å². The van der Waals surface area contributed by atoms with Crippen LogP contribution in [-0.2, 0) is 19.7 Å². The van der Waals surface area contributed by atoms with E-state index in [1.54, 1.807) is 6.08 Å². The number of piperidine rings is 1. The SMILES string of the molecule is COC(=O)C1=CCCN(S(=O)(=O)N2CCCCC2)C1. The van der Waals surface area contributed by atoms with Crippen LogP contribution in [0.15, 0.2) is 11.6 Å². The Bertz CT molecular complexity index is 466. The second kappa shape index (κ2) is 6.02. The lowest BCUT2D eigenvalue weighted by molar-refractivity contribution is -0.136. The number of carbonyl (C=O) groups is 1. The Morgan fingerprint density at radius 3 is 2.47 bits per heavy atom. The van der Waals surface area contributed by atoms with Crippen molar-refractivity contribution in [2.45, 2.75) is 25.7 Å². The normalized spacial score (nSPS) is 22.9. The van der Waals surface area contributed by atoms with Gasteiger partial charge in [0.15, 0.2) is 0 Å². The molecule has 0 aliphatic carbocycles. The summed E-state index contributed by atoms with van der Waals surface area (Å²) >= 11 is 0. The smallest absolute Gasteiger partial charge is 0.334 e. The molecular formula is C12H20N2O4S. The minimum absolute atomic E-state index is 0.117. The molecule has 2 rings (SSSR count). The second-order valence-electron chi connectivity index (χ2n) is 4.81. The fourth-order valence-corrected chi connectivity index (χ4v) is 4.14. The van der Waals surface area contributed by atoms with Gasteiger partial charge in [0.2, 0.25) is 0 Å². The molecule has 0 aromatic heterocycles. The molecule has 1 saturated heterocycles. The highest BCUT2D eigenvalue weighted by molar-refractivity contribution is 7.86. The lowest BCUT2D eigenvalue weighted by Crippen LogP contribution is -2.48. The predicted molar refractivity (Wildman–Crippen MR) is 70.6 cm³/mol. The fraction of sp³-hybridized carbons (Fsp3) is 0.750. The van der Waals surface area contributed by atoms with Crippen LogP contribution in [0.3, 0.4) is 0 Å². The molecular weight excluding hydrogens is 268 g/mol. The lowest BCUT2D eigenvalue weighted by atomic mass is 10.1. The van der Waals surface area contributed by atoms with Crippen molar-refractivity contribution < 1.29 is 17.9 Å². The number of nitrogens with zero attached hydrogens (tertiary/aromatic N) is 2. The van der Waals surface area contributed by atoms with E-state index in [1.807, 2.05) is 0 Å². The molecule has 0 radical (unpaired) electrons. The molecule has 6 nitrogen and oxygen atoms in total. The van der Waals surface area contributed by atoms with Gasteiger partial charge < -0.3 is 4.74 Å². The van der Waals surface area contributed by atoms with Crippen LogP contribution in [0.1, 0.15) is 25.7 Å². The van der Waals surface area contributed by atoms with Crippen LogP contribution in [0.25, 0.3) is 0 Å². The van der Waals surface area contributed by atoms with Crippen LogP contribution < -0.4 is 0 Å². The van der Waals surface area contributed by atoms with E-state index in [2.05, 4.69) is 4.74 Å². The topological polar surface area (TPSA) is 66.9 Å². The third kappa shape index (κ3) is 3.16. The van der Waals surface area contributed by atoms with Crippen LogP contribution in [0.2, 0.25) is 0 Å². The summed E-state index contributed by atoms with van der Waals surface area (Å²) in [6, 6.07) is 0. The maximum Gasteiger partial charge on any atom is 0.334 e. The summed E-state index contributed by atoms with van der Waals surface area (Å²) in [5.41, 5.74) is 0.425. The molecule has 0 aromatic rings. The summed E-state index contributed by atoms with van der Waals surface area (Å²) < 4.78 is 32.5. The molecule has 0 saturated carbocycles. The molecule has 0 atom stereocenters. The van der Waals surface area contributed by atoms with Gasteiger partial charge in [0.1, 0.15) is 0 Å². The number of hydrogen-bond acceptors (Lipinski definition) is 4. The van der Waals surface area contributed by atoms with E-state index in [1.165, 1.54) is 15.7 Å². The average Bonchev–Trinajstić information content (AvgIpc) is 2.47. The summed E-state index contributed by atoms with van der Waals surface area (Å²) in [5, 5.41) is 0. The molecule has 7 heteroatoms. The van der Waals surface area contributed by atoms with Crippen molar-refractivity contribution in [3.05, 3.63) is 11.6 Å². The molecule has 0 unspecified atom stereocenters. The van der Waals surface area contributed by atoms with Gasteiger partial charge in [-0.1, -0.05) is 12.5 Å². The number of methoxy groups -OCH3 is 1. The molecule has 0 amide bonds. The fourth-order valence-electron chi connectivity index (χ4n) is 2.45. The molecule has 108 valence electrons. The van der Waals surface area contributed by atoms with Crippen LogP contribution in [0.5, 0.6) is 0 Å². The minimum Gasteiger partial charge on any atom is -0.466 e. The summed E-state index contributed by atoms with van der Waals surface area (Å²) in [6.45, 7) is 1.71. The maximum atomic E-state index is 12.5. The Morgan fingerprint density at radius 1 is 1.16 bits per heavy atom. The Morgan fingerprint density at radius 2 is 1.84 bits per heavy atom. The molecule has 2 aliphatic rings. The van der Waals surface area contributed by atoms with Crippen molar-refractivity contribution in [3.8, 4) is 0 Å². The molecule has 2 heterocycles. The maximum absolute atomic E-state index is 12.5. The van der Waals surface area contributed by atoms with E-state index in [0.29, 0.717) is 31.6 Å². The number of hydrogen-bond donors (Lipinski definition) is 0. The van der Waals surface area contributed by atoms with E-state index in [9.17, 15) is 13.2 Å². The minimum atomic E-state index is -3.44. The van der Waals surface area contributed by atoms with E-state index >= 15 is 0 Å². The molecule has 1 fully saturated rings. The quantitative estimate of drug-likeness (QED) is 0.710. The predicted octanol–water partition coefficient (Wildman–Crippen LogP) is 0.522. The monoisotopic (exact) mass is 288 g/mol. The van der Waals surface area contributed by atoms with Crippen molar-refractivity contribution in [1.29, 1.82) is 0 Å². The third-order valence-corrected chi connectivity index (χ3v) is 5.51. The molecule has 2 aliphatic heterocycles. The third-order valence-electron chi connectivity index (χ3n) is 3.53. The largest absolute Gasteiger partial charge is 0.466 e. The Kier molecular flexibility index (Phi) is 4.59. The van der Waals surface area contributed by atoms with E-state index in [4.69, 9.17) is 0 Å². The van der Waals surface area contributed by atoms with Gasteiger partial charge in [-0.2, -0.15) is 17.0 Å². The number of carbonyl (C=O) groups excluding carboxylic acids is 1. The van der Waals surface area contributed by atoms with E-state index in [0.717, 1.165) is 19.3 Å². The Balaban J connectivity index is 2.09. The van der Waals surface area contributed by atoms with Gasteiger partial charge >= 0.3 is 5.97 Å². The molecule has 0 N–H and O–H groups in total. The standard InChI is InChI=1S/C12H20N2O4S/c1-18-12(15)11-6-5-9-14(10-11)19(16,17)13-7-3-2-4-8-13/h6H,2-5,7-10H2,1H3. The average molecular weight is 288 g/mol.